The van der Waals surface area contributed by atoms with Gasteiger partial charge in [-0.1, -0.05) is 0 Å². The summed E-state index contributed by atoms with van der Waals surface area (Å²) in [4.78, 5) is 19.8. The van der Waals surface area contributed by atoms with Gasteiger partial charge in [-0.3, -0.25) is 4.79 Å². The molecule has 0 aromatic heterocycles. The molecule has 0 aliphatic heterocycles. The highest BCUT2D eigenvalue weighted by atomic mass is 16.1. The Kier molecular flexibility index (Phi) is 2.33. The first-order valence-corrected chi connectivity index (χ1v) is 1.95. The van der Waals surface area contributed by atoms with Crippen molar-refractivity contribution in [3.05, 3.63) is 5.57 Å². The number of hydrogen-bond donors (Lipinski definition) is 0. The Morgan fingerprint density at radius 3 is 2.25 bits per heavy atom. The molecule has 0 aliphatic carbocycles. The maximum Gasteiger partial charge on any atom is 0.242 e. The Balaban J connectivity index is 4.33. The van der Waals surface area contributed by atoms with E-state index >= 15 is 0 Å². The molecule has 0 rings (SSSR count). The highest BCUT2D eigenvalue weighted by Crippen LogP contribution is 1.83. The van der Waals surface area contributed by atoms with E-state index < -0.39 is 5.78 Å². The maximum atomic E-state index is 10.2. The number of terminal acetylenes is 1. The number of Topliss-reactive ketones (excluding diaryl/α,β-unsaturated/α-hetero) is 1. The van der Waals surface area contributed by atoms with Gasteiger partial charge in [-0.15, -0.1) is 6.42 Å². The fourth-order valence-electron chi connectivity index (χ4n) is 0.155. The van der Waals surface area contributed by atoms with Crippen molar-refractivity contribution in [3.63, 3.8) is 0 Å². The molecule has 0 heterocycles. The van der Waals surface area contributed by atoms with Crippen LogP contribution in [0.2, 0.25) is 0 Å². The third-order valence-electron chi connectivity index (χ3n) is 0.625. The van der Waals surface area contributed by atoms with Crippen molar-refractivity contribution >= 4 is 11.7 Å². The van der Waals surface area contributed by atoms with Gasteiger partial charge in [0.2, 0.25) is 5.78 Å². The first kappa shape index (κ1) is 6.68. The number of rotatable bonds is 1. The largest absolute Gasteiger partial charge is 0.279 e. The fourth-order valence-corrected chi connectivity index (χ4v) is 0.155. The predicted molar refractivity (Wildman–Crippen MR) is 28.7 cm³/mol. The molecule has 0 spiro atoms. The lowest BCUT2D eigenvalue weighted by Gasteiger charge is -1.77. The average molecular weight is 108 g/mol. The van der Waals surface area contributed by atoms with Crippen LogP contribution in [0.3, 0.4) is 0 Å². The van der Waals surface area contributed by atoms with E-state index in [2.05, 4.69) is 6.42 Å². The molecule has 0 amide bonds. The van der Waals surface area contributed by atoms with Crippen LogP contribution in [-0.4, -0.2) is 11.7 Å². The van der Waals surface area contributed by atoms with Gasteiger partial charge in [0, 0.05) is 0 Å². The van der Waals surface area contributed by atoms with Crippen molar-refractivity contribution < 1.29 is 9.59 Å². The summed E-state index contributed by atoms with van der Waals surface area (Å²) < 4.78 is 0. The van der Waals surface area contributed by atoms with Gasteiger partial charge in [0.25, 0.3) is 0 Å². The normalized spacial score (nSPS) is 6.50. The molecule has 2 nitrogen and oxygen atoms in total. The van der Waals surface area contributed by atoms with Gasteiger partial charge in [0.15, 0.2) is 0 Å². The van der Waals surface area contributed by atoms with E-state index in [1.807, 2.05) is 0 Å². The van der Waals surface area contributed by atoms with Gasteiger partial charge in [0.1, 0.15) is 5.94 Å². The summed E-state index contributed by atoms with van der Waals surface area (Å²) in [6.07, 6.45) is 4.65. The minimum absolute atomic E-state index is 0.0486. The molecule has 8 heavy (non-hydrogen) atoms. The zero-order valence-corrected chi connectivity index (χ0v) is 4.39. The summed E-state index contributed by atoms with van der Waals surface area (Å²) in [5, 5.41) is 0. The van der Waals surface area contributed by atoms with Gasteiger partial charge >= 0.3 is 0 Å². The highest BCUT2D eigenvalue weighted by Gasteiger charge is 1.96. The van der Waals surface area contributed by atoms with Crippen molar-refractivity contribution in [2.45, 2.75) is 6.92 Å². The molecule has 0 atom stereocenters. The van der Waals surface area contributed by atoms with Crippen LogP contribution in [0.25, 0.3) is 0 Å². The molecule has 0 aromatic carbocycles. The van der Waals surface area contributed by atoms with Gasteiger partial charge in [-0.25, -0.2) is 4.79 Å². The van der Waals surface area contributed by atoms with E-state index in [4.69, 9.17) is 0 Å². The molecule has 0 saturated carbocycles. The summed E-state index contributed by atoms with van der Waals surface area (Å²) in [7, 11) is 0. The zero-order chi connectivity index (χ0) is 6.57. The first-order valence-electron chi connectivity index (χ1n) is 1.95. The van der Waals surface area contributed by atoms with Gasteiger partial charge in [-0.2, -0.15) is 0 Å². The number of hydrogen-bond acceptors (Lipinski definition) is 2. The third-order valence-corrected chi connectivity index (χ3v) is 0.625. The molecule has 0 aromatic rings. The minimum atomic E-state index is -0.597. The molecule has 0 unspecified atom stereocenters. The van der Waals surface area contributed by atoms with E-state index in [-0.39, 0.29) is 5.57 Å². The van der Waals surface area contributed by atoms with E-state index in [1.165, 1.54) is 12.9 Å². The van der Waals surface area contributed by atoms with E-state index in [0.29, 0.717) is 0 Å². The number of ketones is 1. The van der Waals surface area contributed by atoms with Crippen molar-refractivity contribution in [2.24, 2.45) is 0 Å². The Morgan fingerprint density at radius 1 is 1.62 bits per heavy atom. The monoisotopic (exact) mass is 108 g/mol. The Morgan fingerprint density at radius 2 is 2.12 bits per heavy atom. The van der Waals surface area contributed by atoms with E-state index in [0.717, 1.165) is 0 Å². The first-order chi connectivity index (χ1) is 3.72. The van der Waals surface area contributed by atoms with Crippen LogP contribution in [-0.2, 0) is 9.59 Å². The standard InChI is InChI=1S/C6H4O2/c1-3-6(8)5(2)4-7/h1H,2H3. The second-order valence-corrected chi connectivity index (χ2v) is 1.20. The highest BCUT2D eigenvalue weighted by molar-refractivity contribution is 6.12. The number of allylic oxidation sites excluding steroid dienone is 1. The summed E-state index contributed by atoms with van der Waals surface area (Å²) in [5.74, 6) is 2.57. The fraction of sp³-hybridized carbons (Fsp3) is 0.167. The molecule has 0 saturated heterocycles. The smallest absolute Gasteiger partial charge is 0.242 e. The summed E-state index contributed by atoms with van der Waals surface area (Å²) in [5.41, 5.74) is -0.0486. The van der Waals surface area contributed by atoms with Gasteiger partial charge in [0.05, 0.1) is 5.57 Å². The Labute approximate surface area is 47.2 Å². The summed E-state index contributed by atoms with van der Waals surface area (Å²) >= 11 is 0. The lowest BCUT2D eigenvalue weighted by Crippen LogP contribution is -1.93. The molecular weight excluding hydrogens is 104 g/mol. The minimum Gasteiger partial charge on any atom is -0.279 e. The van der Waals surface area contributed by atoms with Crippen molar-refractivity contribution in [1.29, 1.82) is 0 Å². The van der Waals surface area contributed by atoms with Gasteiger partial charge in [-0.05, 0) is 12.8 Å². The topological polar surface area (TPSA) is 34.1 Å². The molecule has 0 bridgehead atoms. The Bertz CT molecular complexity index is 189. The average Bonchev–Trinajstić information content (AvgIpc) is 1.84. The van der Waals surface area contributed by atoms with Crippen molar-refractivity contribution in [3.8, 4) is 12.3 Å². The quantitative estimate of drug-likeness (QED) is 0.204. The van der Waals surface area contributed by atoms with Crippen LogP contribution < -0.4 is 0 Å². The van der Waals surface area contributed by atoms with Crippen LogP contribution in [0.5, 0.6) is 0 Å². The van der Waals surface area contributed by atoms with E-state index in [9.17, 15) is 9.59 Å². The molecule has 40 valence electrons. The van der Waals surface area contributed by atoms with Gasteiger partial charge < -0.3 is 0 Å². The third kappa shape index (κ3) is 1.42. The van der Waals surface area contributed by atoms with Crippen LogP contribution in [0.4, 0.5) is 0 Å². The van der Waals surface area contributed by atoms with Crippen LogP contribution in [0.1, 0.15) is 6.92 Å². The van der Waals surface area contributed by atoms with E-state index in [1.54, 1.807) is 5.92 Å². The molecule has 0 N–H and O–H groups in total. The summed E-state index contributed by atoms with van der Waals surface area (Å²) in [6, 6.07) is 0. The lowest BCUT2D eigenvalue weighted by atomic mass is 10.2. The number of carbonyl (C=O) groups excluding carboxylic acids is 2. The van der Waals surface area contributed by atoms with Crippen molar-refractivity contribution in [2.75, 3.05) is 0 Å². The molecule has 0 aliphatic rings. The van der Waals surface area contributed by atoms with Crippen molar-refractivity contribution in [1.82, 2.24) is 0 Å². The molecule has 2 heteroatoms. The molecule has 0 fully saturated rings. The molecule has 0 radical (unpaired) electrons. The molecular formula is C6H4O2. The maximum absolute atomic E-state index is 10.2. The van der Waals surface area contributed by atoms with Crippen LogP contribution in [0.15, 0.2) is 5.57 Å². The van der Waals surface area contributed by atoms with Crippen LogP contribution >= 0.6 is 0 Å². The lowest BCUT2D eigenvalue weighted by molar-refractivity contribution is -0.110. The second-order valence-electron chi connectivity index (χ2n) is 1.20. The second kappa shape index (κ2) is 2.79. The summed E-state index contributed by atoms with van der Waals surface area (Å²) in [6.45, 7) is 1.33. The predicted octanol–water partition coefficient (Wildman–Crippen LogP) is -0.0334. The zero-order valence-electron chi connectivity index (χ0n) is 4.39. The van der Waals surface area contributed by atoms with Crippen LogP contribution in [0, 0.1) is 12.3 Å². The SMILES string of the molecule is C#CC(=O)C(C)=C=O. The number of carbonyl (C=O) groups is 1. The Hall–Kier alpha value is -1.32.